The number of benzene rings is 1. The van der Waals surface area contributed by atoms with Crippen LogP contribution in [0.5, 0.6) is 0 Å². The maximum absolute atomic E-state index is 15.6. The molecule has 198 valence electrons. The Hall–Kier alpha value is -3.69. The Kier molecular flexibility index (Phi) is 6.00. The molecule has 1 aromatic carbocycles. The minimum Gasteiger partial charge on any atom is -0.335 e. The summed E-state index contributed by atoms with van der Waals surface area (Å²) in [6, 6.07) is 5.04. The van der Waals surface area contributed by atoms with Crippen LogP contribution in [0.15, 0.2) is 36.8 Å². The fourth-order valence-electron chi connectivity index (χ4n) is 5.79. The summed E-state index contributed by atoms with van der Waals surface area (Å²) >= 11 is 0. The van der Waals surface area contributed by atoms with Crippen molar-refractivity contribution in [3.05, 3.63) is 54.1 Å². The third-order valence-electron chi connectivity index (χ3n) is 7.86. The average Bonchev–Trinajstić information content (AvgIpc) is 3.51. The van der Waals surface area contributed by atoms with Gasteiger partial charge in [-0.3, -0.25) is 14.5 Å². The largest absolute Gasteiger partial charge is 0.335 e. The minimum atomic E-state index is -2.65. The van der Waals surface area contributed by atoms with E-state index in [9.17, 15) is 13.6 Å². The molecular formula is C28H29F3N6O. The van der Waals surface area contributed by atoms with Crippen molar-refractivity contribution in [3.63, 3.8) is 0 Å². The van der Waals surface area contributed by atoms with Gasteiger partial charge in [0.25, 0.3) is 0 Å². The Morgan fingerprint density at radius 3 is 2.66 bits per heavy atom. The highest BCUT2D eigenvalue weighted by atomic mass is 19.3. The first-order chi connectivity index (χ1) is 18.2. The summed E-state index contributed by atoms with van der Waals surface area (Å²) in [4.78, 5) is 23.9. The molecule has 4 heterocycles. The van der Waals surface area contributed by atoms with Crippen LogP contribution < -0.4 is 0 Å². The topological polar surface area (TPSA) is 68.8 Å². The first-order valence-corrected chi connectivity index (χ1v) is 13.1. The van der Waals surface area contributed by atoms with E-state index < -0.39 is 11.7 Å². The molecule has 1 amide bonds. The number of imidazole rings is 1. The van der Waals surface area contributed by atoms with Gasteiger partial charge in [0, 0.05) is 74.2 Å². The zero-order valence-electron chi connectivity index (χ0n) is 21.4. The molecule has 1 aliphatic carbocycles. The van der Waals surface area contributed by atoms with Gasteiger partial charge in [-0.05, 0) is 30.4 Å². The van der Waals surface area contributed by atoms with Gasteiger partial charge in [-0.15, -0.1) is 0 Å². The van der Waals surface area contributed by atoms with E-state index in [4.69, 9.17) is 4.98 Å². The maximum atomic E-state index is 15.6. The summed E-state index contributed by atoms with van der Waals surface area (Å²) in [7, 11) is 1.83. The number of carbonyl (C=O) groups is 1. The van der Waals surface area contributed by atoms with Crippen molar-refractivity contribution in [1.82, 2.24) is 29.2 Å². The molecule has 0 saturated heterocycles. The third-order valence-corrected chi connectivity index (χ3v) is 7.86. The van der Waals surface area contributed by atoms with Crippen molar-refractivity contribution in [3.8, 4) is 22.5 Å². The molecule has 0 N–H and O–H groups in total. The van der Waals surface area contributed by atoms with Gasteiger partial charge < -0.3 is 9.47 Å². The number of fused-ring (bicyclic) bond motifs is 2. The Bertz CT molecular complexity index is 1530. The second kappa shape index (κ2) is 9.25. The predicted octanol–water partition coefficient (Wildman–Crippen LogP) is 5.68. The third kappa shape index (κ3) is 4.25. The summed E-state index contributed by atoms with van der Waals surface area (Å²) in [6.45, 7) is 3.14. The van der Waals surface area contributed by atoms with Crippen LogP contribution >= 0.6 is 0 Å². The van der Waals surface area contributed by atoms with Crippen molar-refractivity contribution in [2.24, 2.45) is 7.05 Å². The Morgan fingerprint density at radius 2 is 1.95 bits per heavy atom. The second-order valence-corrected chi connectivity index (χ2v) is 10.3. The molecule has 0 bridgehead atoms. The van der Waals surface area contributed by atoms with Crippen molar-refractivity contribution in [2.45, 2.75) is 64.0 Å². The molecule has 7 nitrogen and oxygen atoms in total. The van der Waals surface area contributed by atoms with E-state index in [2.05, 4.69) is 10.1 Å². The lowest BCUT2D eigenvalue weighted by atomic mass is 9.86. The highest BCUT2D eigenvalue weighted by molar-refractivity contribution is 5.97. The monoisotopic (exact) mass is 522 g/mol. The summed E-state index contributed by atoms with van der Waals surface area (Å²) < 4.78 is 47.2. The zero-order valence-corrected chi connectivity index (χ0v) is 21.4. The van der Waals surface area contributed by atoms with E-state index >= 15 is 4.39 Å². The number of alkyl halides is 2. The van der Waals surface area contributed by atoms with Crippen LogP contribution in [0.3, 0.4) is 0 Å². The summed E-state index contributed by atoms with van der Waals surface area (Å²) in [5, 5.41) is 5.62. The normalized spacial score (nSPS) is 17.7. The van der Waals surface area contributed by atoms with Gasteiger partial charge in [0.1, 0.15) is 11.6 Å². The molecule has 4 aromatic rings. The number of amides is 1. The summed E-state index contributed by atoms with van der Waals surface area (Å²) in [5.41, 5.74) is 3.11. The molecule has 10 heteroatoms. The standard InChI is InChI=1S/C28H29F3N6O/c1-3-24(38)36-10-11-37-23(16-36)26(34-27(37)17-6-8-28(30,31)9-7-17)25-20-14-32-22(19-13-33-35(2)15-19)12-18(20)4-5-21(25)29/h4-5,12-15,17H,3,6-11,16H2,1-2H3. The molecule has 1 fully saturated rings. The van der Waals surface area contributed by atoms with Crippen molar-refractivity contribution in [1.29, 1.82) is 0 Å². The van der Waals surface area contributed by atoms with Crippen LogP contribution in [-0.2, 0) is 24.9 Å². The number of hydrogen-bond acceptors (Lipinski definition) is 4. The lowest BCUT2D eigenvalue weighted by molar-refractivity contribution is -0.132. The highest BCUT2D eigenvalue weighted by Gasteiger charge is 2.39. The zero-order chi connectivity index (χ0) is 26.6. The first kappa shape index (κ1) is 24.6. The van der Waals surface area contributed by atoms with E-state index in [-0.39, 0.29) is 24.7 Å². The fourth-order valence-corrected chi connectivity index (χ4v) is 5.79. The molecule has 3 aromatic heterocycles. The number of halogens is 3. The molecule has 38 heavy (non-hydrogen) atoms. The number of aromatic nitrogens is 5. The highest BCUT2D eigenvalue weighted by Crippen LogP contribution is 2.43. The van der Waals surface area contributed by atoms with Crippen LogP contribution in [0.4, 0.5) is 13.2 Å². The molecule has 0 radical (unpaired) electrons. The van der Waals surface area contributed by atoms with Crippen molar-refractivity contribution >= 4 is 16.7 Å². The van der Waals surface area contributed by atoms with E-state index in [1.54, 1.807) is 28.0 Å². The molecule has 2 aliphatic rings. The van der Waals surface area contributed by atoms with Gasteiger partial charge in [-0.25, -0.2) is 18.2 Å². The van der Waals surface area contributed by atoms with E-state index in [1.807, 2.05) is 30.8 Å². The molecule has 0 atom stereocenters. The molecule has 6 rings (SSSR count). The lowest BCUT2D eigenvalue weighted by Gasteiger charge is -2.32. The van der Waals surface area contributed by atoms with Gasteiger partial charge in [0.15, 0.2) is 0 Å². The van der Waals surface area contributed by atoms with Crippen LogP contribution in [-0.4, -0.2) is 47.6 Å². The Labute approximate surface area is 218 Å². The quantitative estimate of drug-likeness (QED) is 0.346. The van der Waals surface area contributed by atoms with Crippen molar-refractivity contribution < 1.29 is 18.0 Å². The number of carbonyl (C=O) groups excluding carboxylic acids is 1. The van der Waals surface area contributed by atoms with Gasteiger partial charge >= 0.3 is 0 Å². The number of rotatable bonds is 4. The van der Waals surface area contributed by atoms with Gasteiger partial charge in [0.2, 0.25) is 11.8 Å². The van der Waals surface area contributed by atoms with Gasteiger partial charge in [-0.1, -0.05) is 13.0 Å². The average molecular weight is 523 g/mol. The molecule has 1 aliphatic heterocycles. The van der Waals surface area contributed by atoms with Gasteiger partial charge in [0.05, 0.1) is 29.8 Å². The number of nitrogens with zero attached hydrogens (tertiary/aromatic N) is 6. The second-order valence-electron chi connectivity index (χ2n) is 10.3. The smallest absolute Gasteiger partial charge is 0.248 e. The minimum absolute atomic E-state index is 0.0171. The Morgan fingerprint density at radius 1 is 1.16 bits per heavy atom. The predicted molar refractivity (Wildman–Crippen MR) is 137 cm³/mol. The first-order valence-electron chi connectivity index (χ1n) is 13.1. The Balaban J connectivity index is 1.49. The molecule has 0 unspecified atom stereocenters. The SMILES string of the molecule is CCC(=O)N1CCn2c(C3CCC(F)(F)CC3)nc(-c3c(F)ccc4cc(-c5cnn(C)c5)ncc34)c2C1. The van der Waals surface area contributed by atoms with E-state index in [0.29, 0.717) is 61.4 Å². The van der Waals surface area contributed by atoms with Crippen LogP contribution in [0.25, 0.3) is 33.3 Å². The van der Waals surface area contributed by atoms with Crippen molar-refractivity contribution in [2.75, 3.05) is 6.54 Å². The molecule has 1 saturated carbocycles. The van der Waals surface area contributed by atoms with Crippen LogP contribution in [0.1, 0.15) is 56.5 Å². The summed E-state index contributed by atoms with van der Waals surface area (Å²) in [6.07, 6.45) is 5.91. The van der Waals surface area contributed by atoms with E-state index in [0.717, 1.165) is 22.3 Å². The van der Waals surface area contributed by atoms with E-state index in [1.165, 1.54) is 6.07 Å². The lowest BCUT2D eigenvalue weighted by Crippen LogP contribution is -2.38. The molecular weight excluding hydrogens is 493 g/mol. The summed E-state index contributed by atoms with van der Waals surface area (Å²) in [5.74, 6) is -2.49. The number of aryl methyl sites for hydroxylation is 1. The van der Waals surface area contributed by atoms with Crippen LogP contribution in [0.2, 0.25) is 0 Å². The fraction of sp³-hybridized carbons (Fsp3) is 0.429. The molecule has 0 spiro atoms. The van der Waals surface area contributed by atoms with Crippen LogP contribution in [0, 0.1) is 5.82 Å². The number of pyridine rings is 1. The van der Waals surface area contributed by atoms with Gasteiger partial charge in [-0.2, -0.15) is 5.10 Å². The number of hydrogen-bond donors (Lipinski definition) is 0. The maximum Gasteiger partial charge on any atom is 0.248 e.